The topological polar surface area (TPSA) is 41.8 Å². The highest BCUT2D eigenvalue weighted by Gasteiger charge is 2.40. The Balaban J connectivity index is 1.83. The monoisotopic (exact) mass is 468 g/mol. The second-order valence-corrected chi connectivity index (χ2v) is 8.42. The first-order valence-electron chi connectivity index (χ1n) is 10.6. The molecule has 1 fully saturated rings. The number of benzene rings is 1. The zero-order valence-electron chi connectivity index (χ0n) is 18.5. The number of morpholine rings is 1. The quantitative estimate of drug-likeness (QED) is 0.568. The molecule has 0 aliphatic carbocycles. The molecule has 0 amide bonds. The number of pyridine rings is 1. The van der Waals surface area contributed by atoms with Crippen molar-refractivity contribution in [2.45, 2.75) is 31.7 Å². The summed E-state index contributed by atoms with van der Waals surface area (Å²) < 4.78 is 77.8. The van der Waals surface area contributed by atoms with E-state index >= 15 is 8.78 Å². The van der Waals surface area contributed by atoms with Crippen molar-refractivity contribution in [3.8, 4) is 11.3 Å². The fourth-order valence-electron chi connectivity index (χ4n) is 4.30. The van der Waals surface area contributed by atoms with Crippen molar-refractivity contribution in [1.82, 2.24) is 19.6 Å². The van der Waals surface area contributed by atoms with Crippen LogP contribution >= 0.6 is 0 Å². The summed E-state index contributed by atoms with van der Waals surface area (Å²) in [6, 6.07) is 2.89. The van der Waals surface area contributed by atoms with Crippen molar-refractivity contribution < 1.29 is 26.7 Å². The third kappa shape index (κ3) is 4.73. The number of aromatic nitrogens is 2. The molecular weight excluding hydrogens is 443 g/mol. The van der Waals surface area contributed by atoms with Gasteiger partial charge in [0, 0.05) is 25.7 Å². The van der Waals surface area contributed by atoms with E-state index in [0.717, 1.165) is 31.3 Å². The van der Waals surface area contributed by atoms with Crippen LogP contribution in [0.5, 0.6) is 0 Å². The highest BCUT2D eigenvalue weighted by atomic mass is 19.4. The maximum absolute atomic E-state index is 15.2. The predicted molar refractivity (Wildman–Crippen MR) is 114 cm³/mol. The van der Waals surface area contributed by atoms with Crippen molar-refractivity contribution in [1.29, 1.82) is 0 Å². The highest BCUT2D eigenvalue weighted by molar-refractivity contribution is 5.68. The number of aryl methyl sites for hydroxylation is 1. The van der Waals surface area contributed by atoms with Gasteiger partial charge in [-0.1, -0.05) is 0 Å². The molecule has 4 rings (SSSR count). The van der Waals surface area contributed by atoms with Gasteiger partial charge in [-0.25, -0.2) is 13.8 Å². The molecule has 0 saturated carbocycles. The lowest BCUT2D eigenvalue weighted by Crippen LogP contribution is -2.41. The summed E-state index contributed by atoms with van der Waals surface area (Å²) in [4.78, 5) is 6.57. The van der Waals surface area contributed by atoms with Gasteiger partial charge in [0.2, 0.25) is 0 Å². The maximum Gasteiger partial charge on any atom is 0.407 e. The van der Waals surface area contributed by atoms with Gasteiger partial charge in [0.25, 0.3) is 0 Å². The van der Waals surface area contributed by atoms with E-state index in [4.69, 9.17) is 4.74 Å². The molecule has 10 heteroatoms. The smallest absolute Gasteiger partial charge is 0.375 e. The largest absolute Gasteiger partial charge is 0.407 e. The predicted octanol–water partition coefficient (Wildman–Crippen LogP) is 4.28. The van der Waals surface area contributed by atoms with Crippen molar-refractivity contribution in [3.05, 3.63) is 58.9 Å². The summed E-state index contributed by atoms with van der Waals surface area (Å²) in [6.07, 6.45) is -2.81. The fourth-order valence-corrected chi connectivity index (χ4v) is 4.30. The van der Waals surface area contributed by atoms with Crippen molar-refractivity contribution in [2.75, 3.05) is 33.8 Å². The Morgan fingerprint density at radius 1 is 1.21 bits per heavy atom. The van der Waals surface area contributed by atoms with Crippen molar-refractivity contribution in [3.63, 3.8) is 0 Å². The van der Waals surface area contributed by atoms with E-state index in [9.17, 15) is 13.2 Å². The van der Waals surface area contributed by atoms with Gasteiger partial charge in [0.05, 0.1) is 29.7 Å². The number of nitrogens with zero attached hydrogens (tertiary/aromatic N) is 3. The van der Waals surface area contributed by atoms with Gasteiger partial charge in [0.15, 0.2) is 0 Å². The van der Waals surface area contributed by atoms with Gasteiger partial charge in [-0.3, -0.25) is 0 Å². The summed E-state index contributed by atoms with van der Waals surface area (Å²) in [5, 5.41) is 2.07. The molecule has 2 atom stereocenters. The molecule has 1 aliphatic rings. The third-order valence-electron chi connectivity index (χ3n) is 5.89. The Kier molecular flexibility index (Phi) is 6.43. The van der Waals surface area contributed by atoms with Crippen LogP contribution < -0.4 is 5.32 Å². The molecule has 33 heavy (non-hydrogen) atoms. The zero-order valence-corrected chi connectivity index (χ0v) is 18.5. The van der Waals surface area contributed by atoms with Crippen LogP contribution in [0.15, 0.2) is 30.5 Å². The van der Waals surface area contributed by atoms with Crippen LogP contribution in [0, 0.1) is 18.6 Å². The van der Waals surface area contributed by atoms with Crippen LogP contribution in [0.2, 0.25) is 0 Å². The number of fused-ring (bicyclic) bond motifs is 1. The van der Waals surface area contributed by atoms with Gasteiger partial charge in [-0.05, 0) is 56.4 Å². The van der Waals surface area contributed by atoms with E-state index in [0.29, 0.717) is 30.9 Å². The molecule has 0 bridgehead atoms. The lowest BCUT2D eigenvalue weighted by molar-refractivity contribution is -0.156. The maximum atomic E-state index is 15.2. The Bertz CT molecular complexity index is 1140. The van der Waals surface area contributed by atoms with E-state index < -0.39 is 35.0 Å². The molecule has 3 heterocycles. The third-order valence-corrected chi connectivity index (χ3v) is 5.89. The number of ether oxygens (including phenoxy) is 1. The highest BCUT2D eigenvalue weighted by Crippen LogP contribution is 2.37. The Hall–Kier alpha value is -2.56. The first kappa shape index (κ1) is 23.6. The average molecular weight is 468 g/mol. The van der Waals surface area contributed by atoms with Crippen LogP contribution in [-0.4, -0.2) is 60.4 Å². The fraction of sp³-hybridized carbons (Fsp3) is 0.435. The number of nitrogens with one attached hydrogen (secondary N) is 1. The van der Waals surface area contributed by atoms with Crippen LogP contribution in [0.25, 0.3) is 16.9 Å². The van der Waals surface area contributed by atoms with Gasteiger partial charge in [-0.15, -0.1) is 0 Å². The van der Waals surface area contributed by atoms with Gasteiger partial charge >= 0.3 is 6.18 Å². The number of likely N-dealkylation sites (N-methyl/N-ethyl adjacent to an activating group) is 1. The Morgan fingerprint density at radius 3 is 2.52 bits per heavy atom. The molecule has 1 saturated heterocycles. The SMILES string of the molecule is CNC(c1cc(F)c(-c2nc3cc(C)ccn3c2CC2CN(C)CCO2)c(F)c1)C(F)(F)F. The minimum absolute atomic E-state index is 0.0620. The minimum atomic E-state index is -4.70. The first-order valence-corrected chi connectivity index (χ1v) is 10.6. The van der Waals surface area contributed by atoms with Crippen molar-refractivity contribution in [2.24, 2.45) is 0 Å². The lowest BCUT2D eigenvalue weighted by atomic mass is 9.99. The normalized spacial score (nSPS) is 18.7. The molecular formula is C23H25F5N4O. The number of hydrogen-bond donors (Lipinski definition) is 1. The van der Waals surface area contributed by atoms with Crippen LogP contribution in [-0.2, 0) is 11.2 Å². The van der Waals surface area contributed by atoms with E-state index in [-0.39, 0.29) is 11.8 Å². The molecule has 0 radical (unpaired) electrons. The number of hydrogen-bond acceptors (Lipinski definition) is 4. The molecule has 5 nitrogen and oxygen atoms in total. The zero-order chi connectivity index (χ0) is 23.9. The molecule has 1 aliphatic heterocycles. The molecule has 2 aromatic heterocycles. The molecule has 178 valence electrons. The molecule has 1 N–H and O–H groups in total. The standard InChI is InChI=1S/C23H25F5N4O/c1-13-4-5-32-18(11-15-12-31(3)6-7-33-15)21(30-19(32)8-13)20-16(24)9-14(10-17(20)25)22(29-2)23(26,27)28/h4-5,8-10,15,22,29H,6-7,11-12H2,1-3H3. The first-order chi connectivity index (χ1) is 15.6. The van der Waals surface area contributed by atoms with Crippen LogP contribution in [0.3, 0.4) is 0 Å². The summed E-state index contributed by atoms with van der Waals surface area (Å²) in [6.45, 7) is 3.83. The van der Waals surface area contributed by atoms with Gasteiger partial charge in [-0.2, -0.15) is 13.2 Å². The molecule has 3 aromatic rings. The second-order valence-electron chi connectivity index (χ2n) is 8.42. The van der Waals surface area contributed by atoms with E-state index in [1.54, 1.807) is 16.7 Å². The molecule has 1 aromatic carbocycles. The van der Waals surface area contributed by atoms with Crippen LogP contribution in [0.4, 0.5) is 22.0 Å². The second kappa shape index (κ2) is 9.00. The summed E-state index contributed by atoms with van der Waals surface area (Å²) in [7, 11) is 3.05. The minimum Gasteiger partial charge on any atom is -0.375 e. The van der Waals surface area contributed by atoms with E-state index in [1.807, 2.05) is 20.0 Å². The Labute approximate surface area is 188 Å². The number of halogens is 5. The van der Waals surface area contributed by atoms with Crippen molar-refractivity contribution >= 4 is 5.65 Å². The van der Waals surface area contributed by atoms with Gasteiger partial charge < -0.3 is 19.4 Å². The number of alkyl halides is 3. The summed E-state index contributed by atoms with van der Waals surface area (Å²) in [5.41, 5.74) is 1.02. The van der Waals surface area contributed by atoms with Crippen LogP contribution in [0.1, 0.15) is 22.9 Å². The molecule has 0 spiro atoms. The average Bonchev–Trinajstić information content (AvgIpc) is 3.04. The van der Waals surface area contributed by atoms with Gasteiger partial charge in [0.1, 0.15) is 23.3 Å². The lowest BCUT2D eigenvalue weighted by Gasteiger charge is -2.30. The summed E-state index contributed by atoms with van der Waals surface area (Å²) in [5.74, 6) is -2.20. The summed E-state index contributed by atoms with van der Waals surface area (Å²) >= 11 is 0. The number of rotatable bonds is 5. The number of imidazole rings is 1. The van der Waals surface area contributed by atoms with E-state index in [2.05, 4.69) is 15.2 Å². The van der Waals surface area contributed by atoms with E-state index in [1.165, 1.54) is 0 Å². The Morgan fingerprint density at radius 2 is 1.91 bits per heavy atom. The molecule has 2 unspecified atom stereocenters.